The van der Waals surface area contributed by atoms with Crippen LogP contribution >= 0.6 is 0 Å². The smallest absolute Gasteiger partial charge is 0.225 e. The van der Waals surface area contributed by atoms with Gasteiger partial charge in [-0.05, 0) is 12.8 Å². The van der Waals surface area contributed by atoms with E-state index in [0.717, 1.165) is 6.42 Å². The Bertz CT molecular complexity index is 155. The molecule has 1 aliphatic carbocycles. The standard InChI is InChI=1S/C8H13NO/c10-8-6-4-2-1-3-5-7(6)9-8/h6-7H,1-5H2,(H,9,10)/t6-,7?/m1/s1. The predicted molar refractivity (Wildman–Crippen MR) is 38.5 cm³/mol. The molecule has 2 atom stereocenters. The first-order valence-electron chi connectivity index (χ1n) is 4.18. The van der Waals surface area contributed by atoms with Gasteiger partial charge in [-0.2, -0.15) is 0 Å². The number of hydrogen-bond donors (Lipinski definition) is 1. The Hall–Kier alpha value is -0.530. The number of fused-ring (bicyclic) bond motifs is 1. The average molecular weight is 139 g/mol. The van der Waals surface area contributed by atoms with Gasteiger partial charge in [0, 0.05) is 6.04 Å². The van der Waals surface area contributed by atoms with E-state index in [1.54, 1.807) is 0 Å². The summed E-state index contributed by atoms with van der Waals surface area (Å²) in [5, 5.41) is 2.95. The molecule has 1 unspecified atom stereocenters. The molecule has 1 heterocycles. The minimum atomic E-state index is 0.298. The average Bonchev–Trinajstić information content (AvgIpc) is 2.09. The van der Waals surface area contributed by atoms with Crippen LogP contribution in [0, 0.1) is 5.92 Å². The van der Waals surface area contributed by atoms with Crippen LogP contribution in [0.3, 0.4) is 0 Å². The lowest BCUT2D eigenvalue weighted by molar-refractivity contribution is -0.135. The number of nitrogens with one attached hydrogen (secondary N) is 1. The Morgan fingerprint density at radius 1 is 1.20 bits per heavy atom. The van der Waals surface area contributed by atoms with E-state index in [1.807, 2.05) is 0 Å². The van der Waals surface area contributed by atoms with Crippen molar-refractivity contribution in [3.05, 3.63) is 0 Å². The molecule has 2 rings (SSSR count). The zero-order chi connectivity index (χ0) is 6.97. The molecule has 1 saturated carbocycles. The second-order valence-electron chi connectivity index (χ2n) is 3.36. The van der Waals surface area contributed by atoms with Gasteiger partial charge in [-0.15, -0.1) is 0 Å². The number of hydrogen-bond acceptors (Lipinski definition) is 1. The van der Waals surface area contributed by atoms with Crippen LogP contribution in [0.1, 0.15) is 32.1 Å². The predicted octanol–water partition coefficient (Wildman–Crippen LogP) is 1.07. The third-order valence-electron chi connectivity index (χ3n) is 2.68. The summed E-state index contributed by atoms with van der Waals surface area (Å²) in [7, 11) is 0. The molecule has 0 aromatic rings. The number of carbonyl (C=O) groups is 1. The third kappa shape index (κ3) is 0.825. The Kier molecular flexibility index (Phi) is 1.40. The van der Waals surface area contributed by atoms with E-state index >= 15 is 0 Å². The highest BCUT2D eigenvalue weighted by atomic mass is 16.2. The fraction of sp³-hybridized carbons (Fsp3) is 0.875. The van der Waals surface area contributed by atoms with Crippen molar-refractivity contribution >= 4 is 5.91 Å². The third-order valence-corrected chi connectivity index (χ3v) is 2.68. The first kappa shape index (κ1) is 6.20. The normalized spacial score (nSPS) is 39.0. The molecular weight excluding hydrogens is 126 g/mol. The zero-order valence-electron chi connectivity index (χ0n) is 6.10. The molecule has 0 radical (unpaired) electrons. The van der Waals surface area contributed by atoms with Crippen molar-refractivity contribution in [1.29, 1.82) is 0 Å². The van der Waals surface area contributed by atoms with Gasteiger partial charge in [-0.3, -0.25) is 4.79 Å². The van der Waals surface area contributed by atoms with E-state index in [1.165, 1.54) is 25.7 Å². The highest BCUT2D eigenvalue weighted by Crippen LogP contribution is 2.29. The van der Waals surface area contributed by atoms with Gasteiger partial charge in [0.2, 0.25) is 5.91 Å². The quantitative estimate of drug-likeness (QED) is 0.500. The molecule has 2 heteroatoms. The summed E-state index contributed by atoms with van der Waals surface area (Å²) in [5.41, 5.74) is 0. The van der Waals surface area contributed by atoms with Gasteiger partial charge >= 0.3 is 0 Å². The van der Waals surface area contributed by atoms with Gasteiger partial charge in [0.1, 0.15) is 0 Å². The van der Waals surface area contributed by atoms with Crippen molar-refractivity contribution in [1.82, 2.24) is 5.32 Å². The summed E-state index contributed by atoms with van der Waals surface area (Å²) in [6.07, 6.45) is 6.24. The summed E-state index contributed by atoms with van der Waals surface area (Å²) >= 11 is 0. The first-order valence-corrected chi connectivity index (χ1v) is 4.18. The van der Waals surface area contributed by atoms with Crippen molar-refractivity contribution in [3.63, 3.8) is 0 Å². The van der Waals surface area contributed by atoms with Gasteiger partial charge < -0.3 is 5.32 Å². The second-order valence-corrected chi connectivity index (χ2v) is 3.36. The molecule has 1 amide bonds. The summed E-state index contributed by atoms with van der Waals surface area (Å²) in [6, 6.07) is 0.551. The molecule has 0 aromatic carbocycles. The van der Waals surface area contributed by atoms with E-state index in [-0.39, 0.29) is 0 Å². The first-order chi connectivity index (χ1) is 4.88. The summed E-state index contributed by atoms with van der Waals surface area (Å²) < 4.78 is 0. The van der Waals surface area contributed by atoms with Crippen LogP contribution in [-0.2, 0) is 4.79 Å². The van der Waals surface area contributed by atoms with Gasteiger partial charge in [-0.1, -0.05) is 19.3 Å². The Labute approximate surface area is 61.0 Å². The van der Waals surface area contributed by atoms with Crippen LogP contribution in [-0.4, -0.2) is 11.9 Å². The molecule has 1 N–H and O–H groups in total. The van der Waals surface area contributed by atoms with E-state index in [0.29, 0.717) is 17.9 Å². The maximum Gasteiger partial charge on any atom is 0.225 e. The van der Waals surface area contributed by atoms with Crippen LogP contribution in [0.25, 0.3) is 0 Å². The molecule has 1 aliphatic heterocycles. The molecule has 2 nitrogen and oxygen atoms in total. The molecule has 0 bridgehead atoms. The lowest BCUT2D eigenvalue weighted by Gasteiger charge is -2.35. The molecule has 10 heavy (non-hydrogen) atoms. The highest BCUT2D eigenvalue weighted by Gasteiger charge is 2.38. The Morgan fingerprint density at radius 3 is 2.80 bits per heavy atom. The fourth-order valence-corrected chi connectivity index (χ4v) is 1.99. The Balaban J connectivity index is 1.99. The summed E-state index contributed by atoms with van der Waals surface area (Å²) in [5.74, 6) is 0.689. The monoisotopic (exact) mass is 139 g/mol. The largest absolute Gasteiger partial charge is 0.352 e. The number of carbonyl (C=O) groups excluding carboxylic acids is 1. The van der Waals surface area contributed by atoms with Gasteiger partial charge in [-0.25, -0.2) is 0 Å². The minimum Gasteiger partial charge on any atom is -0.352 e. The van der Waals surface area contributed by atoms with Gasteiger partial charge in [0.25, 0.3) is 0 Å². The van der Waals surface area contributed by atoms with E-state index in [4.69, 9.17) is 0 Å². The maximum absolute atomic E-state index is 10.9. The molecule has 56 valence electrons. The SMILES string of the molecule is O=C1NC2CCCCC[C@@H]12. The van der Waals surface area contributed by atoms with E-state index in [9.17, 15) is 4.79 Å². The maximum atomic E-state index is 10.9. The fourth-order valence-electron chi connectivity index (χ4n) is 1.99. The topological polar surface area (TPSA) is 29.1 Å². The van der Waals surface area contributed by atoms with Crippen molar-refractivity contribution in [2.45, 2.75) is 38.1 Å². The number of β-lactam (4-membered cyclic amide) rings is 1. The molecule has 2 fully saturated rings. The number of amides is 1. The van der Waals surface area contributed by atoms with Crippen LogP contribution in [0.5, 0.6) is 0 Å². The van der Waals surface area contributed by atoms with E-state index in [2.05, 4.69) is 5.32 Å². The Morgan fingerprint density at radius 2 is 2.00 bits per heavy atom. The molecule has 2 aliphatic rings. The van der Waals surface area contributed by atoms with Crippen LogP contribution < -0.4 is 5.32 Å². The van der Waals surface area contributed by atoms with Gasteiger partial charge in [0.15, 0.2) is 0 Å². The van der Waals surface area contributed by atoms with Crippen LogP contribution in [0.15, 0.2) is 0 Å². The van der Waals surface area contributed by atoms with Crippen molar-refractivity contribution < 1.29 is 4.79 Å². The van der Waals surface area contributed by atoms with Crippen LogP contribution in [0.4, 0.5) is 0 Å². The zero-order valence-corrected chi connectivity index (χ0v) is 6.10. The number of rotatable bonds is 0. The molecule has 1 saturated heterocycles. The molecule has 0 aromatic heterocycles. The lowest BCUT2D eigenvalue weighted by Crippen LogP contribution is -2.57. The van der Waals surface area contributed by atoms with Crippen molar-refractivity contribution in [3.8, 4) is 0 Å². The summed E-state index contributed by atoms with van der Waals surface area (Å²) in [6.45, 7) is 0. The highest BCUT2D eigenvalue weighted by molar-refractivity contribution is 5.85. The summed E-state index contributed by atoms with van der Waals surface area (Å²) in [4.78, 5) is 10.9. The molecular formula is C8H13NO. The minimum absolute atomic E-state index is 0.298. The van der Waals surface area contributed by atoms with Crippen molar-refractivity contribution in [2.75, 3.05) is 0 Å². The lowest BCUT2D eigenvalue weighted by atomic mass is 9.87. The van der Waals surface area contributed by atoms with E-state index < -0.39 is 0 Å². The van der Waals surface area contributed by atoms with Crippen LogP contribution in [0.2, 0.25) is 0 Å². The molecule has 0 spiro atoms. The van der Waals surface area contributed by atoms with Crippen molar-refractivity contribution in [2.24, 2.45) is 5.92 Å². The second kappa shape index (κ2) is 2.26. The van der Waals surface area contributed by atoms with Gasteiger partial charge in [0.05, 0.1) is 5.92 Å².